The molecule has 1 atom stereocenters. The number of nitrogens with zero attached hydrogens (tertiary/aromatic N) is 2. The predicted molar refractivity (Wildman–Crippen MR) is 72.5 cm³/mol. The van der Waals surface area contributed by atoms with Crippen LogP contribution in [0.1, 0.15) is 17.8 Å². The van der Waals surface area contributed by atoms with Crippen molar-refractivity contribution in [3.05, 3.63) is 54.1 Å². The standard InChI is InChI=1S/C15H19N3/c1-2-4-13(5-3-1)12-18-9-8-17-15(18)10-14-6-7-16-11-14/h1-5,8-9,14,16H,6-7,10-12H2. The second kappa shape index (κ2) is 5.36. The molecule has 0 saturated carbocycles. The van der Waals surface area contributed by atoms with Gasteiger partial charge in [0.1, 0.15) is 5.82 Å². The fourth-order valence-electron chi connectivity index (χ4n) is 2.60. The van der Waals surface area contributed by atoms with Crippen LogP contribution in [0.2, 0.25) is 0 Å². The third-order valence-electron chi connectivity index (χ3n) is 3.63. The van der Waals surface area contributed by atoms with Crippen LogP contribution in [-0.4, -0.2) is 22.6 Å². The van der Waals surface area contributed by atoms with Gasteiger partial charge >= 0.3 is 0 Å². The predicted octanol–water partition coefficient (Wildman–Crippen LogP) is 2.08. The van der Waals surface area contributed by atoms with Crippen LogP contribution in [0.5, 0.6) is 0 Å². The van der Waals surface area contributed by atoms with Gasteiger partial charge in [0.2, 0.25) is 0 Å². The number of nitrogens with one attached hydrogen (secondary N) is 1. The van der Waals surface area contributed by atoms with E-state index in [9.17, 15) is 0 Å². The Balaban J connectivity index is 1.71. The molecular formula is C15H19N3. The van der Waals surface area contributed by atoms with Gasteiger partial charge < -0.3 is 9.88 Å². The lowest BCUT2D eigenvalue weighted by Gasteiger charge is -2.11. The zero-order valence-electron chi connectivity index (χ0n) is 10.5. The summed E-state index contributed by atoms with van der Waals surface area (Å²) in [4.78, 5) is 4.51. The van der Waals surface area contributed by atoms with Crippen LogP contribution in [0.15, 0.2) is 42.7 Å². The van der Waals surface area contributed by atoms with Crippen LogP contribution in [0.25, 0.3) is 0 Å². The van der Waals surface area contributed by atoms with Crippen LogP contribution < -0.4 is 5.32 Å². The second-order valence-electron chi connectivity index (χ2n) is 5.02. The Hall–Kier alpha value is -1.61. The van der Waals surface area contributed by atoms with E-state index in [1.165, 1.54) is 17.8 Å². The molecule has 3 nitrogen and oxygen atoms in total. The van der Waals surface area contributed by atoms with Crippen molar-refractivity contribution < 1.29 is 0 Å². The molecule has 1 saturated heterocycles. The van der Waals surface area contributed by atoms with E-state index in [2.05, 4.69) is 51.4 Å². The number of imidazole rings is 1. The molecule has 1 unspecified atom stereocenters. The highest BCUT2D eigenvalue weighted by Crippen LogP contribution is 2.15. The quantitative estimate of drug-likeness (QED) is 0.888. The average molecular weight is 241 g/mol. The highest BCUT2D eigenvalue weighted by Gasteiger charge is 2.17. The smallest absolute Gasteiger partial charge is 0.109 e. The van der Waals surface area contributed by atoms with E-state index in [4.69, 9.17) is 0 Å². The largest absolute Gasteiger partial charge is 0.331 e. The summed E-state index contributed by atoms with van der Waals surface area (Å²) in [5.74, 6) is 1.97. The highest BCUT2D eigenvalue weighted by molar-refractivity contribution is 5.16. The zero-order valence-corrected chi connectivity index (χ0v) is 10.5. The Morgan fingerprint density at radius 3 is 2.94 bits per heavy atom. The normalized spacial score (nSPS) is 19.2. The van der Waals surface area contributed by atoms with Gasteiger partial charge in [-0.1, -0.05) is 30.3 Å². The SMILES string of the molecule is c1ccc(Cn2ccnc2CC2CCNC2)cc1. The molecule has 1 aliphatic heterocycles. The van der Waals surface area contributed by atoms with E-state index in [1.54, 1.807) is 0 Å². The summed E-state index contributed by atoms with van der Waals surface area (Å²) in [7, 11) is 0. The summed E-state index contributed by atoms with van der Waals surface area (Å²) >= 11 is 0. The molecular weight excluding hydrogens is 222 g/mol. The van der Waals surface area contributed by atoms with Gasteiger partial charge in [0.25, 0.3) is 0 Å². The number of rotatable bonds is 4. The maximum atomic E-state index is 4.51. The van der Waals surface area contributed by atoms with E-state index < -0.39 is 0 Å². The summed E-state index contributed by atoms with van der Waals surface area (Å²) in [6, 6.07) is 10.6. The molecule has 1 aromatic carbocycles. The van der Waals surface area contributed by atoms with Gasteiger partial charge in [-0.3, -0.25) is 0 Å². The lowest BCUT2D eigenvalue weighted by atomic mass is 10.0. The molecule has 3 rings (SSSR count). The Kier molecular flexibility index (Phi) is 3.42. The fraction of sp³-hybridized carbons (Fsp3) is 0.400. The first-order chi connectivity index (χ1) is 8.92. The highest BCUT2D eigenvalue weighted by atomic mass is 15.1. The van der Waals surface area contributed by atoms with E-state index >= 15 is 0 Å². The molecule has 2 aromatic rings. The van der Waals surface area contributed by atoms with Crippen molar-refractivity contribution in [3.63, 3.8) is 0 Å². The summed E-state index contributed by atoms with van der Waals surface area (Å²) in [6.45, 7) is 3.22. The molecule has 18 heavy (non-hydrogen) atoms. The first kappa shape index (κ1) is 11.5. The van der Waals surface area contributed by atoms with Crippen molar-refractivity contribution in [3.8, 4) is 0 Å². The molecule has 0 aliphatic carbocycles. The van der Waals surface area contributed by atoms with Gasteiger partial charge in [0.05, 0.1) is 0 Å². The van der Waals surface area contributed by atoms with Gasteiger partial charge in [-0.15, -0.1) is 0 Å². The number of hydrogen-bond donors (Lipinski definition) is 1. The summed E-state index contributed by atoms with van der Waals surface area (Å²) in [5.41, 5.74) is 1.33. The Morgan fingerprint density at radius 2 is 2.17 bits per heavy atom. The van der Waals surface area contributed by atoms with Gasteiger partial charge in [-0.05, 0) is 31.0 Å². The minimum Gasteiger partial charge on any atom is -0.331 e. The molecule has 3 heteroatoms. The number of aromatic nitrogens is 2. The minimum atomic E-state index is 0.752. The average Bonchev–Trinajstić information content (AvgIpc) is 3.04. The van der Waals surface area contributed by atoms with Gasteiger partial charge in [0.15, 0.2) is 0 Å². The maximum absolute atomic E-state index is 4.51. The number of hydrogen-bond acceptors (Lipinski definition) is 2. The van der Waals surface area contributed by atoms with Crippen LogP contribution in [-0.2, 0) is 13.0 Å². The summed E-state index contributed by atoms with van der Waals surface area (Å²) in [6.07, 6.45) is 6.37. The van der Waals surface area contributed by atoms with Crippen LogP contribution in [0.3, 0.4) is 0 Å². The van der Waals surface area contributed by atoms with Crippen molar-refractivity contribution in [2.24, 2.45) is 5.92 Å². The van der Waals surface area contributed by atoms with Crippen molar-refractivity contribution >= 4 is 0 Å². The van der Waals surface area contributed by atoms with Crippen molar-refractivity contribution in [2.45, 2.75) is 19.4 Å². The zero-order chi connectivity index (χ0) is 12.2. The van der Waals surface area contributed by atoms with E-state index in [0.29, 0.717) is 0 Å². The first-order valence-corrected chi connectivity index (χ1v) is 6.66. The van der Waals surface area contributed by atoms with Crippen LogP contribution in [0.4, 0.5) is 0 Å². The molecule has 0 spiro atoms. The van der Waals surface area contributed by atoms with E-state index in [-0.39, 0.29) is 0 Å². The lowest BCUT2D eigenvalue weighted by Crippen LogP contribution is -2.14. The molecule has 2 heterocycles. The van der Waals surface area contributed by atoms with Gasteiger partial charge in [-0.2, -0.15) is 0 Å². The summed E-state index contributed by atoms with van der Waals surface area (Å²) in [5, 5.41) is 3.42. The van der Waals surface area contributed by atoms with Gasteiger partial charge in [-0.25, -0.2) is 4.98 Å². The first-order valence-electron chi connectivity index (χ1n) is 6.66. The van der Waals surface area contributed by atoms with Crippen molar-refractivity contribution in [1.29, 1.82) is 0 Å². The molecule has 1 fully saturated rings. The van der Waals surface area contributed by atoms with E-state index in [1.807, 2.05) is 6.20 Å². The topological polar surface area (TPSA) is 29.9 Å². The maximum Gasteiger partial charge on any atom is 0.109 e. The molecule has 1 N–H and O–H groups in total. The van der Waals surface area contributed by atoms with E-state index in [0.717, 1.165) is 32.0 Å². The Bertz CT molecular complexity index is 483. The van der Waals surface area contributed by atoms with Crippen molar-refractivity contribution in [2.75, 3.05) is 13.1 Å². The third-order valence-corrected chi connectivity index (χ3v) is 3.63. The monoisotopic (exact) mass is 241 g/mol. The molecule has 0 amide bonds. The molecule has 1 aliphatic rings. The second-order valence-corrected chi connectivity index (χ2v) is 5.02. The van der Waals surface area contributed by atoms with Crippen molar-refractivity contribution in [1.82, 2.24) is 14.9 Å². The third kappa shape index (κ3) is 2.62. The number of benzene rings is 1. The molecule has 0 bridgehead atoms. The minimum absolute atomic E-state index is 0.752. The van der Waals surface area contributed by atoms with Crippen LogP contribution >= 0.6 is 0 Å². The lowest BCUT2D eigenvalue weighted by molar-refractivity contribution is 0.542. The summed E-state index contributed by atoms with van der Waals surface area (Å²) < 4.78 is 2.27. The molecule has 1 aromatic heterocycles. The molecule has 94 valence electrons. The Labute approximate surface area is 108 Å². The van der Waals surface area contributed by atoms with Crippen LogP contribution in [0, 0.1) is 5.92 Å². The fourth-order valence-corrected chi connectivity index (χ4v) is 2.60. The Morgan fingerprint density at radius 1 is 1.28 bits per heavy atom. The van der Waals surface area contributed by atoms with Gasteiger partial charge in [0, 0.05) is 25.4 Å². The molecule has 0 radical (unpaired) electrons.